The van der Waals surface area contributed by atoms with Crippen molar-refractivity contribution in [2.75, 3.05) is 18.7 Å². The molecular weight excluding hydrogens is 494 g/mol. The number of carbonyl (C=O) groups is 2. The zero-order chi connectivity index (χ0) is 26.6. The maximum atomic E-state index is 13.5. The van der Waals surface area contributed by atoms with Gasteiger partial charge in [-0.25, -0.2) is 17.9 Å². The second-order valence-corrected chi connectivity index (χ2v) is 10.5. The quantitative estimate of drug-likeness (QED) is 0.466. The van der Waals surface area contributed by atoms with Crippen molar-refractivity contribution >= 4 is 27.6 Å². The summed E-state index contributed by atoms with van der Waals surface area (Å²) in [5, 5.41) is 2.57. The predicted molar refractivity (Wildman–Crippen MR) is 139 cm³/mol. The van der Waals surface area contributed by atoms with Crippen LogP contribution in [0.1, 0.15) is 23.1 Å². The average Bonchev–Trinajstić information content (AvgIpc) is 3.35. The molecule has 0 saturated heterocycles. The molecular formula is C27H29N3O6S. The van der Waals surface area contributed by atoms with Gasteiger partial charge in [-0.2, -0.15) is 0 Å². The van der Waals surface area contributed by atoms with Crippen molar-refractivity contribution in [1.29, 1.82) is 0 Å². The molecule has 0 aromatic heterocycles. The molecule has 2 N–H and O–H groups in total. The van der Waals surface area contributed by atoms with Crippen molar-refractivity contribution in [2.45, 2.75) is 37.6 Å². The molecule has 3 aromatic carbocycles. The first-order valence-corrected chi connectivity index (χ1v) is 13.2. The summed E-state index contributed by atoms with van der Waals surface area (Å²) in [6.07, 6.45) is 0.755. The molecule has 10 heteroatoms. The molecule has 3 amide bonds. The lowest BCUT2D eigenvalue weighted by atomic mass is 10.0. The van der Waals surface area contributed by atoms with Crippen LogP contribution < -0.4 is 24.4 Å². The lowest BCUT2D eigenvalue weighted by Crippen LogP contribution is -2.51. The van der Waals surface area contributed by atoms with E-state index in [4.69, 9.17) is 9.47 Å². The number of aryl methyl sites for hydroxylation is 3. The lowest BCUT2D eigenvalue weighted by molar-refractivity contribution is -0.120. The highest BCUT2D eigenvalue weighted by molar-refractivity contribution is 7.90. The molecule has 3 aromatic rings. The smallest absolute Gasteiger partial charge is 0.329 e. The number of urea groups is 1. The first-order valence-electron chi connectivity index (χ1n) is 11.8. The van der Waals surface area contributed by atoms with Gasteiger partial charge < -0.3 is 19.7 Å². The minimum atomic E-state index is -4.15. The standard InChI is InChI=1S/C27H29N3O6S/c1-18-9-10-19(2)25(15-18)37(33,34)29-27(32)28-22(13-11-20-7-5-4-6-8-20)26(31)30(3)21-12-14-23-24(16-21)36-17-35-23/h4-10,12,14-16,22H,11,13,17H2,1-3H3,(H2,28,29,32)/t22-/m0/s1. The third-order valence-electron chi connectivity index (χ3n) is 6.10. The molecule has 0 bridgehead atoms. The Morgan fingerprint density at radius 3 is 2.46 bits per heavy atom. The van der Waals surface area contributed by atoms with Gasteiger partial charge in [0, 0.05) is 18.8 Å². The Morgan fingerprint density at radius 2 is 1.70 bits per heavy atom. The summed E-state index contributed by atoms with van der Waals surface area (Å²) in [4.78, 5) is 27.8. The maximum absolute atomic E-state index is 13.5. The Bertz CT molecular complexity index is 1410. The van der Waals surface area contributed by atoms with Crippen molar-refractivity contribution in [3.8, 4) is 11.5 Å². The van der Waals surface area contributed by atoms with Crippen LogP contribution >= 0.6 is 0 Å². The predicted octanol–water partition coefficient (Wildman–Crippen LogP) is 3.68. The second kappa shape index (κ2) is 10.9. The Kier molecular flexibility index (Phi) is 7.68. The van der Waals surface area contributed by atoms with Gasteiger partial charge in [0.25, 0.3) is 10.0 Å². The van der Waals surface area contributed by atoms with Gasteiger partial charge in [0.1, 0.15) is 6.04 Å². The number of benzene rings is 3. The van der Waals surface area contributed by atoms with E-state index in [1.165, 1.54) is 11.0 Å². The summed E-state index contributed by atoms with van der Waals surface area (Å²) in [5.74, 6) is 0.691. The molecule has 0 radical (unpaired) electrons. The number of likely N-dealkylation sites (N-methyl/N-ethyl adjacent to an activating group) is 1. The number of carbonyl (C=O) groups excluding carboxylic acids is 2. The number of nitrogens with one attached hydrogen (secondary N) is 2. The Labute approximate surface area is 216 Å². The van der Waals surface area contributed by atoms with Gasteiger partial charge in [0.2, 0.25) is 12.7 Å². The van der Waals surface area contributed by atoms with E-state index in [-0.39, 0.29) is 18.1 Å². The molecule has 1 atom stereocenters. The number of nitrogens with zero attached hydrogens (tertiary/aromatic N) is 1. The molecule has 0 unspecified atom stereocenters. The van der Waals surface area contributed by atoms with Crippen LogP contribution in [0.2, 0.25) is 0 Å². The van der Waals surface area contributed by atoms with Gasteiger partial charge in [0.15, 0.2) is 11.5 Å². The number of rotatable bonds is 8. The number of amides is 3. The van der Waals surface area contributed by atoms with E-state index in [2.05, 4.69) is 10.0 Å². The summed E-state index contributed by atoms with van der Waals surface area (Å²) in [7, 11) is -2.56. The molecule has 1 heterocycles. The van der Waals surface area contributed by atoms with Gasteiger partial charge >= 0.3 is 6.03 Å². The first-order chi connectivity index (χ1) is 17.6. The number of ether oxygens (including phenoxy) is 2. The van der Waals surface area contributed by atoms with Crippen LogP contribution in [-0.4, -0.2) is 40.2 Å². The van der Waals surface area contributed by atoms with Crippen LogP contribution in [0.4, 0.5) is 10.5 Å². The molecule has 194 valence electrons. The van der Waals surface area contributed by atoms with Gasteiger partial charge in [0.05, 0.1) is 4.90 Å². The molecule has 0 aliphatic carbocycles. The van der Waals surface area contributed by atoms with Crippen LogP contribution in [0, 0.1) is 13.8 Å². The van der Waals surface area contributed by atoms with E-state index < -0.39 is 28.0 Å². The molecule has 9 nitrogen and oxygen atoms in total. The number of hydrogen-bond donors (Lipinski definition) is 2. The highest BCUT2D eigenvalue weighted by atomic mass is 32.2. The number of fused-ring (bicyclic) bond motifs is 1. The Hall–Kier alpha value is -4.05. The van der Waals surface area contributed by atoms with Gasteiger partial charge in [-0.05, 0) is 61.6 Å². The molecule has 37 heavy (non-hydrogen) atoms. The highest BCUT2D eigenvalue weighted by Crippen LogP contribution is 2.35. The summed E-state index contributed by atoms with van der Waals surface area (Å²) in [6, 6.07) is 17.6. The Morgan fingerprint density at radius 1 is 0.973 bits per heavy atom. The molecule has 1 aliphatic heterocycles. The molecule has 1 aliphatic rings. The highest BCUT2D eigenvalue weighted by Gasteiger charge is 2.28. The molecule has 0 fully saturated rings. The zero-order valence-corrected chi connectivity index (χ0v) is 21.7. The maximum Gasteiger partial charge on any atom is 0.329 e. The van der Waals surface area contributed by atoms with Crippen molar-refractivity contribution in [2.24, 2.45) is 0 Å². The number of sulfonamides is 1. The van der Waals surface area contributed by atoms with E-state index >= 15 is 0 Å². The summed E-state index contributed by atoms with van der Waals surface area (Å²) >= 11 is 0. The number of anilines is 1. The van der Waals surface area contributed by atoms with Crippen LogP contribution in [-0.2, 0) is 21.2 Å². The minimum Gasteiger partial charge on any atom is -0.454 e. The second-order valence-electron chi connectivity index (χ2n) is 8.86. The molecule has 4 rings (SSSR count). The minimum absolute atomic E-state index is 0.00675. The van der Waals surface area contributed by atoms with Crippen LogP contribution in [0.5, 0.6) is 11.5 Å². The largest absolute Gasteiger partial charge is 0.454 e. The van der Waals surface area contributed by atoms with Gasteiger partial charge in [-0.3, -0.25) is 4.79 Å². The molecule has 0 saturated carbocycles. The zero-order valence-electron chi connectivity index (χ0n) is 20.9. The summed E-state index contributed by atoms with van der Waals surface area (Å²) in [5.41, 5.74) is 2.78. The monoisotopic (exact) mass is 523 g/mol. The van der Waals surface area contributed by atoms with Crippen molar-refractivity contribution in [3.05, 3.63) is 83.4 Å². The lowest BCUT2D eigenvalue weighted by Gasteiger charge is -2.25. The fraction of sp³-hybridized carbons (Fsp3) is 0.259. The first kappa shape index (κ1) is 26.0. The van der Waals surface area contributed by atoms with Crippen molar-refractivity contribution < 1.29 is 27.5 Å². The van der Waals surface area contributed by atoms with E-state index in [1.807, 2.05) is 30.3 Å². The third kappa shape index (κ3) is 6.21. The average molecular weight is 524 g/mol. The van der Waals surface area contributed by atoms with E-state index in [9.17, 15) is 18.0 Å². The van der Waals surface area contributed by atoms with Gasteiger partial charge in [-0.1, -0.05) is 42.5 Å². The summed E-state index contributed by atoms with van der Waals surface area (Å²) < 4.78 is 38.6. The van der Waals surface area contributed by atoms with E-state index in [0.717, 1.165) is 11.1 Å². The molecule has 0 spiro atoms. The Balaban J connectivity index is 1.53. The summed E-state index contributed by atoms with van der Waals surface area (Å²) in [6.45, 7) is 3.52. The SMILES string of the molecule is Cc1ccc(C)c(S(=O)(=O)NC(=O)N[C@@H](CCc2ccccc2)C(=O)N(C)c2ccc3c(c2)OCO3)c1. The van der Waals surface area contributed by atoms with E-state index in [0.29, 0.717) is 29.2 Å². The normalized spacial score (nSPS) is 13.1. The van der Waals surface area contributed by atoms with Crippen molar-refractivity contribution in [1.82, 2.24) is 10.0 Å². The fourth-order valence-electron chi connectivity index (χ4n) is 4.03. The fourth-order valence-corrected chi connectivity index (χ4v) is 5.28. The van der Waals surface area contributed by atoms with Gasteiger partial charge in [-0.15, -0.1) is 0 Å². The third-order valence-corrected chi connectivity index (χ3v) is 7.58. The van der Waals surface area contributed by atoms with Crippen LogP contribution in [0.25, 0.3) is 0 Å². The van der Waals surface area contributed by atoms with Crippen LogP contribution in [0.15, 0.2) is 71.6 Å². The van der Waals surface area contributed by atoms with E-state index in [1.54, 1.807) is 51.2 Å². The van der Waals surface area contributed by atoms with Crippen molar-refractivity contribution in [3.63, 3.8) is 0 Å². The topological polar surface area (TPSA) is 114 Å². The van der Waals surface area contributed by atoms with Crippen LogP contribution in [0.3, 0.4) is 0 Å². The number of hydrogen-bond acceptors (Lipinski definition) is 6.